The standard InChI is InChI=1S/C11H5Br2Cl2N3O/c12-6-1-5(2-7(13)3-6)11(19)18-10-8(14)9(15)16-4-17-10/h1-4H,(H,16,17,18,19). The van der Waals surface area contributed by atoms with Crippen LogP contribution in [0, 0.1) is 0 Å². The number of hydrogen-bond donors (Lipinski definition) is 1. The zero-order valence-corrected chi connectivity index (χ0v) is 13.8. The molecule has 0 radical (unpaired) electrons. The van der Waals surface area contributed by atoms with Crippen molar-refractivity contribution in [2.45, 2.75) is 0 Å². The molecule has 19 heavy (non-hydrogen) atoms. The van der Waals surface area contributed by atoms with Crippen molar-refractivity contribution in [3.05, 3.63) is 49.2 Å². The summed E-state index contributed by atoms with van der Waals surface area (Å²) in [5.74, 6) is -0.179. The van der Waals surface area contributed by atoms with E-state index in [9.17, 15) is 4.79 Å². The Hall–Kier alpha value is -0.690. The van der Waals surface area contributed by atoms with Crippen LogP contribution in [0.5, 0.6) is 0 Å². The first-order valence-corrected chi connectivity index (χ1v) is 7.25. The van der Waals surface area contributed by atoms with E-state index >= 15 is 0 Å². The smallest absolute Gasteiger partial charge is 0.256 e. The molecule has 0 fully saturated rings. The maximum Gasteiger partial charge on any atom is 0.256 e. The maximum atomic E-state index is 12.1. The second-order valence-electron chi connectivity index (χ2n) is 3.44. The van der Waals surface area contributed by atoms with Crippen molar-refractivity contribution in [2.24, 2.45) is 0 Å². The molecule has 0 bridgehead atoms. The van der Waals surface area contributed by atoms with Gasteiger partial charge in [-0.2, -0.15) is 0 Å². The normalized spacial score (nSPS) is 10.3. The van der Waals surface area contributed by atoms with E-state index in [1.807, 2.05) is 6.07 Å². The van der Waals surface area contributed by atoms with Crippen LogP contribution in [0.2, 0.25) is 10.2 Å². The lowest BCUT2D eigenvalue weighted by molar-refractivity contribution is 0.102. The fourth-order valence-electron chi connectivity index (χ4n) is 1.30. The number of benzene rings is 1. The van der Waals surface area contributed by atoms with E-state index in [-0.39, 0.29) is 21.9 Å². The highest BCUT2D eigenvalue weighted by atomic mass is 79.9. The van der Waals surface area contributed by atoms with Crippen LogP contribution in [0.25, 0.3) is 0 Å². The highest BCUT2D eigenvalue weighted by Gasteiger charge is 2.13. The van der Waals surface area contributed by atoms with Crippen molar-refractivity contribution in [3.63, 3.8) is 0 Å². The maximum absolute atomic E-state index is 12.1. The Morgan fingerprint density at radius 1 is 1.11 bits per heavy atom. The molecule has 1 aromatic carbocycles. The molecular weight excluding hydrogens is 421 g/mol. The molecule has 1 aromatic heterocycles. The van der Waals surface area contributed by atoms with Crippen LogP contribution in [0.1, 0.15) is 10.4 Å². The van der Waals surface area contributed by atoms with E-state index in [0.717, 1.165) is 8.95 Å². The van der Waals surface area contributed by atoms with Gasteiger partial charge in [0.05, 0.1) is 0 Å². The molecule has 0 unspecified atom stereocenters. The van der Waals surface area contributed by atoms with Crippen LogP contribution in [0.15, 0.2) is 33.5 Å². The van der Waals surface area contributed by atoms with Gasteiger partial charge < -0.3 is 5.32 Å². The van der Waals surface area contributed by atoms with Gasteiger partial charge in [0.2, 0.25) is 0 Å². The van der Waals surface area contributed by atoms with Gasteiger partial charge in [-0.3, -0.25) is 4.79 Å². The summed E-state index contributed by atoms with van der Waals surface area (Å²) in [4.78, 5) is 19.6. The van der Waals surface area contributed by atoms with E-state index in [0.29, 0.717) is 5.56 Å². The summed E-state index contributed by atoms with van der Waals surface area (Å²) in [6.07, 6.45) is 1.22. The molecule has 1 heterocycles. The summed E-state index contributed by atoms with van der Waals surface area (Å²) < 4.78 is 1.55. The molecule has 8 heteroatoms. The summed E-state index contributed by atoms with van der Waals surface area (Å²) in [7, 11) is 0. The zero-order valence-electron chi connectivity index (χ0n) is 9.12. The van der Waals surface area contributed by atoms with Gasteiger partial charge in [0.25, 0.3) is 5.91 Å². The summed E-state index contributed by atoms with van der Waals surface area (Å²) in [6, 6.07) is 5.18. The lowest BCUT2D eigenvalue weighted by atomic mass is 10.2. The van der Waals surface area contributed by atoms with E-state index in [1.54, 1.807) is 12.1 Å². The van der Waals surface area contributed by atoms with Gasteiger partial charge in [0.1, 0.15) is 11.3 Å². The number of carbonyl (C=O) groups excluding carboxylic acids is 1. The minimum atomic E-state index is -0.348. The Labute approximate surface area is 135 Å². The molecule has 1 amide bonds. The van der Waals surface area contributed by atoms with Gasteiger partial charge >= 0.3 is 0 Å². The topological polar surface area (TPSA) is 54.9 Å². The van der Waals surface area contributed by atoms with Gasteiger partial charge in [-0.1, -0.05) is 55.1 Å². The SMILES string of the molecule is O=C(Nc1ncnc(Cl)c1Cl)c1cc(Br)cc(Br)c1. The van der Waals surface area contributed by atoms with Gasteiger partial charge in [0, 0.05) is 14.5 Å². The Morgan fingerprint density at radius 3 is 2.37 bits per heavy atom. The lowest BCUT2D eigenvalue weighted by Gasteiger charge is -2.07. The van der Waals surface area contributed by atoms with Crippen molar-refractivity contribution in [1.82, 2.24) is 9.97 Å². The third kappa shape index (κ3) is 3.66. The molecule has 0 saturated carbocycles. The first-order chi connectivity index (χ1) is 8.97. The number of nitrogens with zero attached hydrogens (tertiary/aromatic N) is 2. The Morgan fingerprint density at radius 2 is 1.74 bits per heavy atom. The summed E-state index contributed by atoms with van der Waals surface area (Å²) in [6.45, 7) is 0. The van der Waals surface area contributed by atoms with Crippen LogP contribution in [-0.2, 0) is 0 Å². The lowest BCUT2D eigenvalue weighted by Crippen LogP contribution is -2.13. The quantitative estimate of drug-likeness (QED) is 0.717. The fourth-order valence-corrected chi connectivity index (χ4v) is 2.87. The number of aromatic nitrogens is 2. The van der Waals surface area contributed by atoms with Crippen molar-refractivity contribution in [3.8, 4) is 0 Å². The van der Waals surface area contributed by atoms with Gasteiger partial charge in [-0.25, -0.2) is 9.97 Å². The third-order valence-electron chi connectivity index (χ3n) is 2.10. The van der Waals surface area contributed by atoms with Crippen molar-refractivity contribution >= 4 is 66.8 Å². The molecule has 2 aromatic rings. The molecule has 0 spiro atoms. The van der Waals surface area contributed by atoms with Crippen LogP contribution in [-0.4, -0.2) is 15.9 Å². The van der Waals surface area contributed by atoms with Crippen LogP contribution >= 0.6 is 55.1 Å². The Kier molecular flexibility index (Phi) is 4.78. The molecule has 0 atom stereocenters. The van der Waals surface area contributed by atoms with Crippen molar-refractivity contribution in [1.29, 1.82) is 0 Å². The number of hydrogen-bond acceptors (Lipinski definition) is 3. The third-order valence-corrected chi connectivity index (χ3v) is 3.76. The van der Waals surface area contributed by atoms with Gasteiger partial charge in [-0.15, -0.1) is 0 Å². The highest BCUT2D eigenvalue weighted by molar-refractivity contribution is 9.11. The van der Waals surface area contributed by atoms with E-state index in [2.05, 4.69) is 47.1 Å². The zero-order chi connectivity index (χ0) is 14.0. The average molecular weight is 426 g/mol. The number of rotatable bonds is 2. The number of nitrogens with one attached hydrogen (secondary N) is 1. The highest BCUT2D eigenvalue weighted by Crippen LogP contribution is 2.26. The molecule has 0 saturated heterocycles. The van der Waals surface area contributed by atoms with Crippen molar-refractivity contribution in [2.75, 3.05) is 5.32 Å². The number of amides is 1. The number of halogens is 4. The summed E-state index contributed by atoms with van der Waals surface area (Å²) >= 11 is 18.3. The Bertz CT molecular complexity index is 632. The Balaban J connectivity index is 2.28. The molecule has 0 aliphatic carbocycles. The monoisotopic (exact) mass is 423 g/mol. The first kappa shape index (κ1) is 14.7. The van der Waals surface area contributed by atoms with E-state index in [4.69, 9.17) is 23.2 Å². The molecular formula is C11H5Br2Cl2N3O. The average Bonchev–Trinajstić information content (AvgIpc) is 2.33. The van der Waals surface area contributed by atoms with Crippen LogP contribution in [0.3, 0.4) is 0 Å². The first-order valence-electron chi connectivity index (χ1n) is 4.91. The fraction of sp³-hybridized carbons (Fsp3) is 0. The molecule has 98 valence electrons. The van der Waals surface area contributed by atoms with E-state index < -0.39 is 0 Å². The number of anilines is 1. The van der Waals surface area contributed by atoms with Gasteiger partial charge in [0.15, 0.2) is 11.0 Å². The second-order valence-corrected chi connectivity index (χ2v) is 6.01. The second kappa shape index (κ2) is 6.17. The summed E-state index contributed by atoms with van der Waals surface area (Å²) in [5.41, 5.74) is 0.451. The van der Waals surface area contributed by atoms with Crippen LogP contribution < -0.4 is 5.32 Å². The molecule has 0 aliphatic rings. The molecule has 2 rings (SSSR count). The van der Waals surface area contributed by atoms with E-state index in [1.165, 1.54) is 6.33 Å². The van der Waals surface area contributed by atoms with Gasteiger partial charge in [-0.05, 0) is 18.2 Å². The predicted molar refractivity (Wildman–Crippen MR) is 81.8 cm³/mol. The minimum absolute atomic E-state index is 0.0855. The molecule has 0 aliphatic heterocycles. The molecule has 4 nitrogen and oxygen atoms in total. The minimum Gasteiger partial charge on any atom is -0.305 e. The van der Waals surface area contributed by atoms with Crippen LogP contribution in [0.4, 0.5) is 5.82 Å². The largest absolute Gasteiger partial charge is 0.305 e. The predicted octanol–water partition coefficient (Wildman–Crippen LogP) is 4.56. The van der Waals surface area contributed by atoms with Crippen molar-refractivity contribution < 1.29 is 4.79 Å². The summed E-state index contributed by atoms with van der Waals surface area (Å²) in [5, 5.41) is 2.76. The number of carbonyl (C=O) groups is 1. The molecule has 1 N–H and O–H groups in total.